The number of ether oxygens (including phenoxy) is 1. The van der Waals surface area contributed by atoms with Crippen molar-refractivity contribution in [3.63, 3.8) is 0 Å². The number of rotatable bonds is 5. The van der Waals surface area contributed by atoms with Gasteiger partial charge < -0.3 is 4.74 Å². The third-order valence-corrected chi connectivity index (χ3v) is 3.06. The van der Waals surface area contributed by atoms with Crippen LogP contribution in [0.5, 0.6) is 0 Å². The van der Waals surface area contributed by atoms with E-state index in [0.29, 0.717) is 25.0 Å². The first kappa shape index (κ1) is 13.6. The maximum absolute atomic E-state index is 11.7. The average Bonchev–Trinajstić information content (AvgIpc) is 2.36. The van der Waals surface area contributed by atoms with Gasteiger partial charge in [-0.05, 0) is 37.3 Å². The van der Waals surface area contributed by atoms with Crippen LogP contribution in [0.15, 0.2) is 23.1 Å². The zero-order valence-electron chi connectivity index (χ0n) is 10.0. The van der Waals surface area contributed by atoms with Crippen molar-refractivity contribution >= 4 is 17.7 Å². The lowest BCUT2D eigenvalue weighted by Gasteiger charge is -2.08. The molecule has 1 aromatic rings. The maximum atomic E-state index is 11.7. The summed E-state index contributed by atoms with van der Waals surface area (Å²) in [7, 11) is 0. The van der Waals surface area contributed by atoms with Gasteiger partial charge in [0.05, 0.1) is 18.2 Å². The van der Waals surface area contributed by atoms with Crippen LogP contribution in [-0.4, -0.2) is 18.8 Å². The molecule has 4 heteroatoms. The van der Waals surface area contributed by atoms with E-state index < -0.39 is 0 Å². The molecule has 1 aromatic carbocycles. The summed E-state index contributed by atoms with van der Waals surface area (Å²) in [5.41, 5.74) is 1.67. The second-order valence-electron chi connectivity index (χ2n) is 3.41. The van der Waals surface area contributed by atoms with Crippen molar-refractivity contribution in [3.8, 4) is 6.07 Å². The molecule has 0 saturated heterocycles. The van der Waals surface area contributed by atoms with Crippen molar-refractivity contribution in [1.82, 2.24) is 0 Å². The summed E-state index contributed by atoms with van der Waals surface area (Å²) in [6, 6.07) is 7.72. The van der Waals surface area contributed by atoms with Crippen LogP contribution in [-0.2, 0) is 11.2 Å². The smallest absolute Gasteiger partial charge is 0.339 e. The Morgan fingerprint density at radius 2 is 2.29 bits per heavy atom. The number of hydrogen-bond donors (Lipinski definition) is 0. The maximum Gasteiger partial charge on any atom is 0.339 e. The van der Waals surface area contributed by atoms with Gasteiger partial charge in [-0.25, -0.2) is 4.79 Å². The van der Waals surface area contributed by atoms with Gasteiger partial charge in [-0.15, -0.1) is 11.8 Å². The molecule has 0 N–H and O–H groups in total. The lowest BCUT2D eigenvalue weighted by molar-refractivity contribution is 0.0522. The molecule has 0 bridgehead atoms. The largest absolute Gasteiger partial charge is 0.462 e. The Labute approximate surface area is 106 Å². The Bertz CT molecular complexity index is 438. The molecule has 0 spiro atoms. The topological polar surface area (TPSA) is 50.1 Å². The lowest BCUT2D eigenvalue weighted by Crippen LogP contribution is -2.06. The zero-order chi connectivity index (χ0) is 12.7. The Kier molecular flexibility index (Phi) is 5.58. The molecule has 0 atom stereocenters. The number of thioether (sulfide) groups is 1. The number of carbonyl (C=O) groups is 1. The minimum absolute atomic E-state index is 0.288. The van der Waals surface area contributed by atoms with Gasteiger partial charge in [-0.2, -0.15) is 5.26 Å². The first-order valence-corrected chi connectivity index (χ1v) is 6.66. The molecule has 0 fully saturated rings. The van der Waals surface area contributed by atoms with E-state index in [2.05, 4.69) is 6.07 Å². The van der Waals surface area contributed by atoms with E-state index in [1.54, 1.807) is 13.0 Å². The number of aryl methyl sites for hydroxylation is 1. The molecule has 0 aliphatic carbocycles. The van der Waals surface area contributed by atoms with Gasteiger partial charge in [0.1, 0.15) is 0 Å². The second kappa shape index (κ2) is 6.97. The van der Waals surface area contributed by atoms with E-state index in [1.165, 1.54) is 11.8 Å². The van der Waals surface area contributed by atoms with Crippen LogP contribution in [0.1, 0.15) is 29.3 Å². The molecule has 0 heterocycles. The predicted molar refractivity (Wildman–Crippen MR) is 68.1 cm³/mol. The molecule has 90 valence electrons. The van der Waals surface area contributed by atoms with Gasteiger partial charge in [0.2, 0.25) is 0 Å². The first-order valence-electron chi connectivity index (χ1n) is 5.44. The Hall–Kier alpha value is -1.47. The summed E-state index contributed by atoms with van der Waals surface area (Å²) in [4.78, 5) is 12.6. The number of benzene rings is 1. The quantitative estimate of drug-likeness (QED) is 0.594. The lowest BCUT2D eigenvalue weighted by atomic mass is 10.1. The molecule has 17 heavy (non-hydrogen) atoms. The van der Waals surface area contributed by atoms with Gasteiger partial charge in [0, 0.05) is 11.3 Å². The van der Waals surface area contributed by atoms with Gasteiger partial charge in [-0.1, -0.05) is 6.07 Å². The third kappa shape index (κ3) is 3.79. The summed E-state index contributed by atoms with van der Waals surface area (Å²) in [6.45, 7) is 2.17. The van der Waals surface area contributed by atoms with E-state index >= 15 is 0 Å². The molecular formula is C13H15NO2S. The third-order valence-electron chi connectivity index (χ3n) is 2.29. The summed E-state index contributed by atoms with van der Waals surface area (Å²) in [6.07, 6.45) is 3.13. The zero-order valence-corrected chi connectivity index (χ0v) is 10.8. The summed E-state index contributed by atoms with van der Waals surface area (Å²) in [5.74, 6) is -0.288. The normalized spacial score (nSPS) is 9.71. The second-order valence-corrected chi connectivity index (χ2v) is 4.26. The fourth-order valence-electron chi connectivity index (χ4n) is 1.47. The molecular weight excluding hydrogens is 234 g/mol. The number of carbonyl (C=O) groups excluding carboxylic acids is 1. The number of nitriles is 1. The standard InChI is InChI=1S/C13H15NO2S/c1-3-16-13(15)11-7-6-10(5-4-8-14)9-12(11)17-2/h6-7,9H,3-5H2,1-2H3. The number of hydrogen-bond acceptors (Lipinski definition) is 4. The number of nitrogens with zero attached hydrogens (tertiary/aromatic N) is 1. The first-order chi connectivity index (χ1) is 8.22. The Balaban J connectivity index is 2.93. The van der Waals surface area contributed by atoms with Crippen molar-refractivity contribution in [2.24, 2.45) is 0 Å². The van der Waals surface area contributed by atoms with E-state index in [0.717, 1.165) is 10.5 Å². The molecule has 0 aromatic heterocycles. The molecule has 0 amide bonds. The Morgan fingerprint density at radius 1 is 1.53 bits per heavy atom. The summed E-state index contributed by atoms with van der Waals surface area (Å²) >= 11 is 1.51. The fourth-order valence-corrected chi connectivity index (χ4v) is 2.11. The monoisotopic (exact) mass is 249 g/mol. The van der Waals surface area contributed by atoms with Crippen LogP contribution in [0.25, 0.3) is 0 Å². The van der Waals surface area contributed by atoms with Crippen LogP contribution >= 0.6 is 11.8 Å². The fraction of sp³-hybridized carbons (Fsp3) is 0.385. The van der Waals surface area contributed by atoms with E-state index in [4.69, 9.17) is 10.00 Å². The molecule has 0 saturated carbocycles. The van der Waals surface area contributed by atoms with Gasteiger partial charge >= 0.3 is 5.97 Å². The van der Waals surface area contributed by atoms with Gasteiger partial charge in [-0.3, -0.25) is 0 Å². The summed E-state index contributed by atoms with van der Waals surface area (Å²) in [5, 5.41) is 8.54. The van der Waals surface area contributed by atoms with Gasteiger partial charge in [0.25, 0.3) is 0 Å². The highest BCUT2D eigenvalue weighted by Gasteiger charge is 2.12. The van der Waals surface area contributed by atoms with Crippen molar-refractivity contribution in [1.29, 1.82) is 5.26 Å². The van der Waals surface area contributed by atoms with Gasteiger partial charge in [0.15, 0.2) is 0 Å². The van der Waals surface area contributed by atoms with E-state index in [9.17, 15) is 4.79 Å². The SMILES string of the molecule is CCOC(=O)c1ccc(CCC#N)cc1SC. The van der Waals surface area contributed by atoms with E-state index in [1.807, 2.05) is 18.4 Å². The molecule has 0 radical (unpaired) electrons. The minimum atomic E-state index is -0.288. The van der Waals surface area contributed by atoms with Crippen molar-refractivity contribution in [2.45, 2.75) is 24.7 Å². The molecule has 0 aliphatic heterocycles. The number of esters is 1. The Morgan fingerprint density at radius 3 is 2.88 bits per heavy atom. The van der Waals surface area contributed by atoms with Crippen molar-refractivity contribution in [3.05, 3.63) is 29.3 Å². The molecule has 1 rings (SSSR count). The van der Waals surface area contributed by atoms with Crippen molar-refractivity contribution < 1.29 is 9.53 Å². The molecule has 3 nitrogen and oxygen atoms in total. The van der Waals surface area contributed by atoms with Crippen LogP contribution in [0.3, 0.4) is 0 Å². The highest BCUT2D eigenvalue weighted by atomic mass is 32.2. The molecule has 0 aliphatic rings. The van der Waals surface area contributed by atoms with Crippen LogP contribution in [0.4, 0.5) is 0 Å². The highest BCUT2D eigenvalue weighted by Crippen LogP contribution is 2.23. The average molecular weight is 249 g/mol. The summed E-state index contributed by atoms with van der Waals surface area (Å²) < 4.78 is 4.99. The highest BCUT2D eigenvalue weighted by molar-refractivity contribution is 7.98. The van der Waals surface area contributed by atoms with E-state index in [-0.39, 0.29) is 5.97 Å². The van der Waals surface area contributed by atoms with Crippen LogP contribution < -0.4 is 0 Å². The van der Waals surface area contributed by atoms with Crippen LogP contribution in [0, 0.1) is 11.3 Å². The minimum Gasteiger partial charge on any atom is -0.462 e. The van der Waals surface area contributed by atoms with Crippen molar-refractivity contribution in [2.75, 3.05) is 12.9 Å². The van der Waals surface area contributed by atoms with Crippen LogP contribution in [0.2, 0.25) is 0 Å². The predicted octanol–water partition coefficient (Wildman–Crippen LogP) is 3.04. The molecule has 0 unspecified atom stereocenters.